The van der Waals surface area contributed by atoms with E-state index in [1.807, 2.05) is 6.07 Å². The molecule has 1 aromatic heterocycles. The molecule has 2 heterocycles. The van der Waals surface area contributed by atoms with Crippen molar-refractivity contribution in [3.63, 3.8) is 0 Å². The third-order valence-electron chi connectivity index (χ3n) is 2.14. The highest BCUT2D eigenvalue weighted by molar-refractivity contribution is 5.27. The summed E-state index contributed by atoms with van der Waals surface area (Å²) in [5.74, 6) is 0.517. The van der Waals surface area contributed by atoms with Crippen molar-refractivity contribution in [2.75, 3.05) is 31.6 Å². The Morgan fingerprint density at radius 1 is 1.56 bits per heavy atom. The molecule has 1 saturated heterocycles. The molecule has 0 amide bonds. The second-order valence-electron chi connectivity index (χ2n) is 3.36. The van der Waals surface area contributed by atoms with Crippen LogP contribution in [-0.4, -0.2) is 47.3 Å². The van der Waals surface area contributed by atoms with E-state index in [1.165, 1.54) is 6.33 Å². The van der Waals surface area contributed by atoms with E-state index in [9.17, 15) is 0 Å². The summed E-state index contributed by atoms with van der Waals surface area (Å²) in [7, 11) is 0. The molecule has 16 heavy (non-hydrogen) atoms. The Kier molecular flexibility index (Phi) is 3.58. The number of anilines is 1. The number of hydrogen-bond acceptors (Lipinski definition) is 7. The van der Waals surface area contributed by atoms with E-state index in [1.54, 1.807) is 0 Å². The molecule has 0 saturated carbocycles. The smallest absolute Gasteiger partial charge is 0.236 e. The highest BCUT2D eigenvalue weighted by Gasteiger charge is 2.13. The zero-order valence-corrected chi connectivity index (χ0v) is 8.68. The molecule has 2 rings (SSSR count). The maximum Gasteiger partial charge on any atom is 0.236 e. The summed E-state index contributed by atoms with van der Waals surface area (Å²) in [5.41, 5.74) is 0. The summed E-state index contributed by atoms with van der Waals surface area (Å²) in [6.07, 6.45) is 1.32. The monoisotopic (exact) mass is 220 g/mol. The van der Waals surface area contributed by atoms with Crippen LogP contribution in [0.1, 0.15) is 5.82 Å². The van der Waals surface area contributed by atoms with Crippen molar-refractivity contribution < 1.29 is 4.74 Å². The number of hydrogen-bond donors (Lipinski definition) is 2. The first-order valence-electron chi connectivity index (χ1n) is 5.02. The molecule has 1 fully saturated rings. The maximum absolute atomic E-state index is 8.65. The lowest BCUT2D eigenvalue weighted by Crippen LogP contribution is -2.34. The Morgan fingerprint density at radius 2 is 2.50 bits per heavy atom. The van der Waals surface area contributed by atoms with Gasteiger partial charge in [0.05, 0.1) is 19.3 Å². The molecule has 1 atom stereocenters. The number of rotatable bonds is 2. The Morgan fingerprint density at radius 3 is 3.38 bits per heavy atom. The van der Waals surface area contributed by atoms with Crippen molar-refractivity contribution in [2.45, 2.75) is 6.04 Å². The number of nitrogens with one attached hydrogen (secondary N) is 2. The summed E-state index contributed by atoms with van der Waals surface area (Å²) in [4.78, 5) is 11.6. The normalized spacial score (nSPS) is 20.8. The van der Waals surface area contributed by atoms with Gasteiger partial charge in [0.25, 0.3) is 0 Å². The molecule has 0 radical (unpaired) electrons. The van der Waals surface area contributed by atoms with Crippen LogP contribution in [0.2, 0.25) is 0 Å². The van der Waals surface area contributed by atoms with E-state index in [2.05, 4.69) is 25.6 Å². The van der Waals surface area contributed by atoms with E-state index in [-0.39, 0.29) is 11.9 Å². The van der Waals surface area contributed by atoms with Crippen LogP contribution in [-0.2, 0) is 4.74 Å². The van der Waals surface area contributed by atoms with E-state index >= 15 is 0 Å². The first-order chi connectivity index (χ1) is 7.88. The second-order valence-corrected chi connectivity index (χ2v) is 3.36. The topological polar surface area (TPSA) is 95.8 Å². The van der Waals surface area contributed by atoms with Crippen molar-refractivity contribution in [1.29, 1.82) is 5.26 Å². The van der Waals surface area contributed by atoms with Gasteiger partial charge in [-0.25, -0.2) is 9.97 Å². The van der Waals surface area contributed by atoms with Crippen LogP contribution in [0.4, 0.5) is 5.95 Å². The van der Waals surface area contributed by atoms with Crippen LogP contribution in [0.3, 0.4) is 0 Å². The molecule has 1 unspecified atom stereocenters. The lowest BCUT2D eigenvalue weighted by atomic mass is 10.3. The zero-order valence-electron chi connectivity index (χ0n) is 8.68. The molecule has 1 aliphatic rings. The van der Waals surface area contributed by atoms with Gasteiger partial charge in [0, 0.05) is 13.1 Å². The Labute approximate surface area is 92.9 Å². The first kappa shape index (κ1) is 10.7. The Bertz CT molecular complexity index is 382. The first-order valence-corrected chi connectivity index (χ1v) is 5.02. The van der Waals surface area contributed by atoms with Crippen molar-refractivity contribution in [2.24, 2.45) is 0 Å². The molecule has 0 aromatic carbocycles. The van der Waals surface area contributed by atoms with Gasteiger partial charge in [-0.1, -0.05) is 0 Å². The fourth-order valence-electron chi connectivity index (χ4n) is 1.40. The molecule has 2 N–H and O–H groups in total. The van der Waals surface area contributed by atoms with Crippen molar-refractivity contribution in [3.8, 4) is 6.07 Å². The van der Waals surface area contributed by atoms with Crippen LogP contribution < -0.4 is 10.6 Å². The summed E-state index contributed by atoms with van der Waals surface area (Å²) >= 11 is 0. The maximum atomic E-state index is 8.65. The van der Waals surface area contributed by atoms with Crippen LogP contribution in [0.15, 0.2) is 6.33 Å². The number of ether oxygens (including phenoxy) is 1. The molecule has 0 spiro atoms. The Hall–Kier alpha value is -1.78. The molecule has 7 nitrogen and oxygen atoms in total. The predicted octanol–water partition coefficient (Wildman–Crippen LogP) is -0.856. The molecular weight excluding hydrogens is 208 g/mol. The van der Waals surface area contributed by atoms with Crippen molar-refractivity contribution >= 4 is 5.95 Å². The fourth-order valence-corrected chi connectivity index (χ4v) is 1.40. The van der Waals surface area contributed by atoms with Crippen molar-refractivity contribution in [3.05, 3.63) is 12.2 Å². The largest absolute Gasteiger partial charge is 0.378 e. The molecular formula is C9H12N6O. The molecule has 1 aliphatic heterocycles. The average Bonchev–Trinajstić information content (AvgIpc) is 2.58. The summed E-state index contributed by atoms with van der Waals surface area (Å²) in [5, 5.41) is 15.0. The average molecular weight is 220 g/mol. The van der Waals surface area contributed by atoms with Crippen molar-refractivity contribution in [1.82, 2.24) is 20.3 Å². The quantitative estimate of drug-likeness (QED) is 0.669. The minimum atomic E-state index is 0.108. The minimum absolute atomic E-state index is 0.108. The van der Waals surface area contributed by atoms with Gasteiger partial charge >= 0.3 is 0 Å². The van der Waals surface area contributed by atoms with Gasteiger partial charge in [0.2, 0.25) is 11.8 Å². The van der Waals surface area contributed by atoms with E-state index in [4.69, 9.17) is 10.00 Å². The van der Waals surface area contributed by atoms with Gasteiger partial charge in [-0.3, -0.25) is 0 Å². The summed E-state index contributed by atoms with van der Waals surface area (Å²) in [6, 6.07) is 1.98. The Balaban J connectivity index is 1.99. The highest BCUT2D eigenvalue weighted by Crippen LogP contribution is 2.01. The van der Waals surface area contributed by atoms with E-state index in [0.717, 1.165) is 13.1 Å². The minimum Gasteiger partial charge on any atom is -0.378 e. The lowest BCUT2D eigenvalue weighted by molar-refractivity contribution is 0.145. The van der Waals surface area contributed by atoms with Crippen LogP contribution >= 0.6 is 0 Å². The van der Waals surface area contributed by atoms with Gasteiger partial charge in [-0.15, -0.1) is 0 Å². The number of nitriles is 1. The summed E-state index contributed by atoms with van der Waals surface area (Å²) < 4.78 is 5.37. The molecule has 0 bridgehead atoms. The summed E-state index contributed by atoms with van der Waals surface area (Å²) in [6.45, 7) is 2.94. The second kappa shape index (κ2) is 5.34. The van der Waals surface area contributed by atoms with E-state index in [0.29, 0.717) is 19.2 Å². The molecule has 84 valence electrons. The number of nitrogens with zero attached hydrogens (tertiary/aromatic N) is 4. The van der Waals surface area contributed by atoms with Crippen LogP contribution in [0.25, 0.3) is 0 Å². The SMILES string of the molecule is N#Cc1ncnc(NC2CNCCOC2)n1. The highest BCUT2D eigenvalue weighted by atomic mass is 16.5. The third-order valence-corrected chi connectivity index (χ3v) is 2.14. The van der Waals surface area contributed by atoms with Gasteiger partial charge in [-0.2, -0.15) is 10.2 Å². The van der Waals surface area contributed by atoms with Gasteiger partial charge < -0.3 is 15.4 Å². The zero-order chi connectivity index (χ0) is 11.2. The van der Waals surface area contributed by atoms with Gasteiger partial charge in [-0.05, 0) is 0 Å². The van der Waals surface area contributed by atoms with Crippen LogP contribution in [0.5, 0.6) is 0 Å². The molecule has 1 aromatic rings. The fraction of sp³-hybridized carbons (Fsp3) is 0.556. The van der Waals surface area contributed by atoms with Gasteiger partial charge in [0.1, 0.15) is 12.4 Å². The van der Waals surface area contributed by atoms with E-state index < -0.39 is 0 Å². The number of aromatic nitrogens is 3. The molecule has 0 aliphatic carbocycles. The van der Waals surface area contributed by atoms with Crippen LogP contribution in [0, 0.1) is 11.3 Å². The standard InChI is InChI=1S/C9H12N6O/c10-3-8-12-6-13-9(15-8)14-7-4-11-1-2-16-5-7/h6-7,11H,1-2,4-5H2,(H,12,13,14,15). The lowest BCUT2D eigenvalue weighted by Gasteiger charge is -2.15. The molecule has 7 heteroatoms. The third kappa shape index (κ3) is 2.85. The van der Waals surface area contributed by atoms with Gasteiger partial charge in [0.15, 0.2) is 0 Å². The predicted molar refractivity (Wildman–Crippen MR) is 55.6 cm³/mol.